The van der Waals surface area contributed by atoms with Gasteiger partial charge in [0, 0.05) is 0 Å². The molecule has 1 aliphatic rings. The number of rotatable bonds is 4. The first-order valence-electron chi connectivity index (χ1n) is 6.27. The van der Waals surface area contributed by atoms with Gasteiger partial charge in [0.2, 0.25) is 5.90 Å². The van der Waals surface area contributed by atoms with Crippen LogP contribution in [0.2, 0.25) is 0 Å². The molecule has 0 amide bonds. The molecule has 18 heavy (non-hydrogen) atoms. The summed E-state index contributed by atoms with van der Waals surface area (Å²) in [4.78, 5) is 16.0. The van der Waals surface area contributed by atoms with Crippen molar-refractivity contribution in [3.8, 4) is 0 Å². The molecule has 0 aromatic heterocycles. The molecule has 1 heterocycles. The standard InChI is InChI=1S/C14H21NO3/c1-5-11-7-10(3)8-13(17-4)15-12(11)9-14(16)18-6-2/h8H,5-7,9H2,1-4H3. The molecule has 0 fully saturated rings. The Labute approximate surface area is 108 Å². The molecular weight excluding hydrogens is 230 g/mol. The van der Waals surface area contributed by atoms with Crippen molar-refractivity contribution in [2.75, 3.05) is 13.7 Å². The fourth-order valence-electron chi connectivity index (χ4n) is 1.89. The number of hydrogen-bond acceptors (Lipinski definition) is 4. The highest BCUT2D eigenvalue weighted by Crippen LogP contribution is 2.25. The predicted octanol–water partition coefficient (Wildman–Crippen LogP) is 3.00. The van der Waals surface area contributed by atoms with Gasteiger partial charge >= 0.3 is 5.97 Å². The third-order valence-corrected chi connectivity index (χ3v) is 2.77. The van der Waals surface area contributed by atoms with Crippen LogP contribution in [-0.2, 0) is 14.3 Å². The second kappa shape index (κ2) is 6.99. The van der Waals surface area contributed by atoms with Gasteiger partial charge in [0.1, 0.15) is 0 Å². The van der Waals surface area contributed by atoms with Crippen molar-refractivity contribution in [3.63, 3.8) is 0 Å². The Bertz CT molecular complexity index is 405. The van der Waals surface area contributed by atoms with Crippen molar-refractivity contribution >= 4 is 11.9 Å². The monoisotopic (exact) mass is 251 g/mol. The maximum absolute atomic E-state index is 11.6. The molecule has 0 bridgehead atoms. The average Bonchev–Trinajstić information content (AvgIpc) is 2.48. The molecule has 100 valence electrons. The van der Waals surface area contributed by atoms with E-state index in [1.807, 2.05) is 13.0 Å². The summed E-state index contributed by atoms with van der Waals surface area (Å²) in [5.41, 5.74) is 3.14. The van der Waals surface area contributed by atoms with Gasteiger partial charge in [-0.3, -0.25) is 4.79 Å². The number of ether oxygens (including phenoxy) is 2. The number of hydrogen-bond donors (Lipinski definition) is 0. The number of esters is 1. The molecule has 4 heteroatoms. The van der Waals surface area contributed by atoms with Gasteiger partial charge in [-0.25, -0.2) is 4.99 Å². The summed E-state index contributed by atoms with van der Waals surface area (Å²) in [6.07, 6.45) is 3.83. The quantitative estimate of drug-likeness (QED) is 0.722. The summed E-state index contributed by atoms with van der Waals surface area (Å²) >= 11 is 0. The first-order valence-corrected chi connectivity index (χ1v) is 6.27. The summed E-state index contributed by atoms with van der Waals surface area (Å²) in [7, 11) is 1.58. The van der Waals surface area contributed by atoms with E-state index in [2.05, 4.69) is 11.9 Å². The molecule has 4 nitrogen and oxygen atoms in total. The lowest BCUT2D eigenvalue weighted by Gasteiger charge is -2.08. The lowest BCUT2D eigenvalue weighted by atomic mass is 10.0. The third-order valence-electron chi connectivity index (χ3n) is 2.77. The van der Waals surface area contributed by atoms with E-state index in [1.54, 1.807) is 14.0 Å². The number of methoxy groups -OCH3 is 1. The number of allylic oxidation sites excluding steroid dienone is 2. The van der Waals surface area contributed by atoms with Crippen LogP contribution < -0.4 is 0 Å². The number of aliphatic imine (C=N–C) groups is 1. The second-order valence-corrected chi connectivity index (χ2v) is 4.21. The molecule has 1 rings (SSSR count). The maximum Gasteiger partial charge on any atom is 0.311 e. The van der Waals surface area contributed by atoms with Gasteiger partial charge in [-0.1, -0.05) is 12.5 Å². The van der Waals surface area contributed by atoms with Gasteiger partial charge in [0.15, 0.2) is 0 Å². The summed E-state index contributed by atoms with van der Waals surface area (Å²) in [5.74, 6) is 0.312. The predicted molar refractivity (Wildman–Crippen MR) is 71.4 cm³/mol. The maximum atomic E-state index is 11.6. The minimum absolute atomic E-state index is 0.213. The average molecular weight is 251 g/mol. The highest BCUT2D eigenvalue weighted by Gasteiger charge is 2.15. The van der Waals surface area contributed by atoms with Gasteiger partial charge in [0.05, 0.1) is 25.8 Å². The Morgan fingerprint density at radius 2 is 2.17 bits per heavy atom. The molecule has 0 spiro atoms. The van der Waals surface area contributed by atoms with E-state index in [0.717, 1.165) is 18.5 Å². The smallest absolute Gasteiger partial charge is 0.311 e. The first kappa shape index (κ1) is 14.5. The van der Waals surface area contributed by atoms with E-state index in [1.165, 1.54) is 11.1 Å². The van der Waals surface area contributed by atoms with Crippen molar-refractivity contribution in [1.82, 2.24) is 0 Å². The van der Waals surface area contributed by atoms with Crippen molar-refractivity contribution in [2.45, 2.75) is 40.0 Å². The molecule has 0 saturated carbocycles. The fraction of sp³-hybridized carbons (Fsp3) is 0.571. The topological polar surface area (TPSA) is 47.9 Å². The molecule has 0 radical (unpaired) electrons. The lowest BCUT2D eigenvalue weighted by Crippen LogP contribution is -2.07. The Balaban J connectivity index is 2.98. The highest BCUT2D eigenvalue weighted by atomic mass is 16.5. The molecule has 0 atom stereocenters. The molecule has 0 aromatic rings. The Morgan fingerprint density at radius 3 is 2.72 bits per heavy atom. The summed E-state index contributed by atoms with van der Waals surface area (Å²) < 4.78 is 10.2. The summed E-state index contributed by atoms with van der Waals surface area (Å²) in [5, 5.41) is 0. The van der Waals surface area contributed by atoms with Crippen molar-refractivity contribution < 1.29 is 14.3 Å². The number of carbonyl (C=O) groups is 1. The fourth-order valence-corrected chi connectivity index (χ4v) is 1.89. The summed E-state index contributed by atoms with van der Waals surface area (Å²) in [6.45, 7) is 6.31. The SMILES string of the molecule is CCOC(=O)CC1=C(CC)CC(C)=CC(OC)=N1. The van der Waals surface area contributed by atoms with Crippen LogP contribution in [0.25, 0.3) is 0 Å². The van der Waals surface area contributed by atoms with E-state index in [-0.39, 0.29) is 12.4 Å². The van der Waals surface area contributed by atoms with Crippen LogP contribution in [-0.4, -0.2) is 25.6 Å². The third kappa shape index (κ3) is 4.02. The molecule has 0 saturated heterocycles. The van der Waals surface area contributed by atoms with Gasteiger partial charge in [-0.15, -0.1) is 0 Å². The molecule has 0 aromatic carbocycles. The number of carbonyl (C=O) groups excluding carboxylic acids is 1. The van der Waals surface area contributed by atoms with Crippen molar-refractivity contribution in [3.05, 3.63) is 22.9 Å². The van der Waals surface area contributed by atoms with E-state index < -0.39 is 0 Å². The molecule has 1 aliphatic heterocycles. The van der Waals surface area contributed by atoms with E-state index >= 15 is 0 Å². The molecule has 0 unspecified atom stereocenters. The van der Waals surface area contributed by atoms with Crippen molar-refractivity contribution in [1.29, 1.82) is 0 Å². The molecular formula is C14H21NO3. The van der Waals surface area contributed by atoms with Crippen LogP contribution in [0.4, 0.5) is 0 Å². The van der Waals surface area contributed by atoms with Gasteiger partial charge in [-0.05, 0) is 38.3 Å². The Kier molecular flexibility index (Phi) is 5.62. The lowest BCUT2D eigenvalue weighted by molar-refractivity contribution is -0.142. The van der Waals surface area contributed by atoms with Crippen LogP contribution in [0.15, 0.2) is 27.9 Å². The van der Waals surface area contributed by atoms with Crippen LogP contribution in [0, 0.1) is 0 Å². The number of nitrogens with zero attached hydrogens (tertiary/aromatic N) is 1. The normalized spacial score (nSPS) is 15.8. The van der Waals surface area contributed by atoms with Crippen LogP contribution in [0.1, 0.15) is 40.0 Å². The second-order valence-electron chi connectivity index (χ2n) is 4.21. The van der Waals surface area contributed by atoms with Gasteiger partial charge in [0.25, 0.3) is 0 Å². The minimum atomic E-state index is -0.239. The van der Waals surface area contributed by atoms with Crippen molar-refractivity contribution in [2.24, 2.45) is 4.99 Å². The summed E-state index contributed by atoms with van der Waals surface area (Å²) in [6, 6.07) is 0. The highest BCUT2D eigenvalue weighted by molar-refractivity contribution is 5.90. The zero-order valence-electron chi connectivity index (χ0n) is 11.6. The van der Waals surface area contributed by atoms with E-state index in [4.69, 9.17) is 9.47 Å². The zero-order valence-corrected chi connectivity index (χ0v) is 11.6. The Hall–Kier alpha value is -1.58. The van der Waals surface area contributed by atoms with E-state index in [9.17, 15) is 4.79 Å². The van der Waals surface area contributed by atoms with Gasteiger partial charge in [-0.2, -0.15) is 0 Å². The Morgan fingerprint density at radius 1 is 1.44 bits per heavy atom. The van der Waals surface area contributed by atoms with E-state index in [0.29, 0.717) is 12.5 Å². The largest absolute Gasteiger partial charge is 0.481 e. The van der Waals surface area contributed by atoms with Crippen LogP contribution in [0.5, 0.6) is 0 Å². The zero-order chi connectivity index (χ0) is 13.5. The molecule has 0 aliphatic carbocycles. The molecule has 0 N–H and O–H groups in total. The first-order chi connectivity index (χ1) is 8.60. The van der Waals surface area contributed by atoms with Gasteiger partial charge < -0.3 is 9.47 Å². The minimum Gasteiger partial charge on any atom is -0.481 e. The van der Waals surface area contributed by atoms with Crippen LogP contribution in [0.3, 0.4) is 0 Å². The van der Waals surface area contributed by atoms with Crippen LogP contribution >= 0.6 is 0 Å².